The Morgan fingerprint density at radius 1 is 0.971 bits per heavy atom. The van der Waals surface area contributed by atoms with Crippen molar-refractivity contribution < 1.29 is 9.32 Å². The number of hydrogen-bond donors (Lipinski definition) is 1. The molecule has 0 aliphatic carbocycles. The molecule has 0 radical (unpaired) electrons. The summed E-state index contributed by atoms with van der Waals surface area (Å²) in [5, 5.41) is 7.95. The number of hydrogen-bond acceptors (Lipinski definition) is 4. The number of benzene rings is 3. The van der Waals surface area contributed by atoms with E-state index in [0.29, 0.717) is 23.3 Å². The molecular weight excluding hydrogens is 460 g/mol. The summed E-state index contributed by atoms with van der Waals surface area (Å²) < 4.78 is 5.77. The fourth-order valence-corrected chi connectivity index (χ4v) is 4.49. The SMILES string of the molecule is CC1=C(c2nc(-c3cccc(C)c3)no2)C(c2cccc(Cl)c2)NC(=O)N1Cc1ccc(C)cc1. The van der Waals surface area contributed by atoms with Crippen LogP contribution >= 0.6 is 11.6 Å². The van der Waals surface area contributed by atoms with Gasteiger partial charge in [0.2, 0.25) is 5.82 Å². The molecule has 0 spiro atoms. The van der Waals surface area contributed by atoms with Gasteiger partial charge in [0.05, 0.1) is 18.2 Å². The fourth-order valence-electron chi connectivity index (χ4n) is 4.30. The van der Waals surface area contributed by atoms with Gasteiger partial charge in [0.1, 0.15) is 0 Å². The molecule has 0 fully saturated rings. The average Bonchev–Trinajstić information content (AvgIpc) is 3.32. The second kappa shape index (κ2) is 9.39. The third-order valence-corrected chi connectivity index (χ3v) is 6.41. The summed E-state index contributed by atoms with van der Waals surface area (Å²) in [6, 6.07) is 22.8. The van der Waals surface area contributed by atoms with Gasteiger partial charge in [0.15, 0.2) is 0 Å². The Labute approximate surface area is 209 Å². The van der Waals surface area contributed by atoms with Gasteiger partial charge in [-0.3, -0.25) is 4.90 Å². The lowest BCUT2D eigenvalue weighted by molar-refractivity contribution is 0.203. The monoisotopic (exact) mass is 484 g/mol. The Morgan fingerprint density at radius 2 is 1.74 bits per heavy atom. The molecule has 3 aromatic carbocycles. The minimum Gasteiger partial charge on any atom is -0.334 e. The number of carbonyl (C=O) groups excluding carboxylic acids is 1. The zero-order chi connectivity index (χ0) is 24.5. The summed E-state index contributed by atoms with van der Waals surface area (Å²) in [7, 11) is 0. The van der Waals surface area contributed by atoms with E-state index in [1.54, 1.807) is 11.0 Å². The molecule has 5 rings (SSSR count). The van der Waals surface area contributed by atoms with Crippen LogP contribution in [0.2, 0.25) is 5.02 Å². The zero-order valence-electron chi connectivity index (χ0n) is 19.7. The van der Waals surface area contributed by atoms with Crippen LogP contribution in [0.25, 0.3) is 17.0 Å². The second-order valence-corrected chi connectivity index (χ2v) is 9.24. The third kappa shape index (κ3) is 4.70. The average molecular weight is 485 g/mol. The van der Waals surface area contributed by atoms with Gasteiger partial charge in [-0.2, -0.15) is 4.98 Å². The predicted molar refractivity (Wildman–Crippen MR) is 137 cm³/mol. The molecule has 6 nitrogen and oxygen atoms in total. The highest BCUT2D eigenvalue weighted by Gasteiger charge is 2.36. The molecule has 1 aliphatic heterocycles. The van der Waals surface area contributed by atoms with Crippen molar-refractivity contribution in [2.24, 2.45) is 0 Å². The van der Waals surface area contributed by atoms with E-state index in [-0.39, 0.29) is 6.03 Å². The number of carbonyl (C=O) groups is 1. The second-order valence-electron chi connectivity index (χ2n) is 8.80. The van der Waals surface area contributed by atoms with Crippen LogP contribution in [-0.2, 0) is 6.54 Å². The summed E-state index contributed by atoms with van der Waals surface area (Å²) in [4.78, 5) is 19.7. The first-order valence-corrected chi connectivity index (χ1v) is 11.8. The molecule has 2 heterocycles. The van der Waals surface area contributed by atoms with Crippen molar-refractivity contribution in [2.45, 2.75) is 33.4 Å². The van der Waals surface area contributed by atoms with Crippen LogP contribution in [0.5, 0.6) is 0 Å². The van der Waals surface area contributed by atoms with Crippen molar-refractivity contribution in [1.29, 1.82) is 0 Å². The molecule has 4 aromatic rings. The van der Waals surface area contributed by atoms with E-state index in [1.807, 2.05) is 87.5 Å². The van der Waals surface area contributed by atoms with Gasteiger partial charge in [-0.25, -0.2) is 4.79 Å². The highest BCUT2D eigenvalue weighted by Crippen LogP contribution is 2.38. The van der Waals surface area contributed by atoms with Gasteiger partial charge < -0.3 is 9.84 Å². The quantitative estimate of drug-likeness (QED) is 0.342. The maximum absolute atomic E-state index is 13.3. The highest BCUT2D eigenvalue weighted by atomic mass is 35.5. The zero-order valence-corrected chi connectivity index (χ0v) is 20.5. The number of allylic oxidation sites excluding steroid dienone is 1. The molecule has 1 aromatic heterocycles. The molecule has 2 amide bonds. The summed E-state index contributed by atoms with van der Waals surface area (Å²) in [5.74, 6) is 0.855. The standard InChI is InChI=1S/C28H25ClN4O2/c1-17-10-12-20(13-11-17)16-33-19(3)24(25(30-28(33)34)21-7-5-9-23(29)15-21)27-31-26(32-35-27)22-8-4-6-18(2)14-22/h4-15,25H,16H2,1-3H3,(H,30,34). The molecule has 1 aliphatic rings. The van der Waals surface area contributed by atoms with E-state index in [0.717, 1.165) is 33.5 Å². The lowest BCUT2D eigenvalue weighted by Crippen LogP contribution is -2.45. The van der Waals surface area contributed by atoms with E-state index in [1.165, 1.54) is 5.56 Å². The van der Waals surface area contributed by atoms with Crippen LogP contribution < -0.4 is 5.32 Å². The molecule has 0 saturated carbocycles. The number of rotatable bonds is 5. The summed E-state index contributed by atoms with van der Waals surface area (Å²) in [6.45, 7) is 6.39. The number of amides is 2. The van der Waals surface area contributed by atoms with Crippen molar-refractivity contribution >= 4 is 23.2 Å². The van der Waals surface area contributed by atoms with E-state index in [4.69, 9.17) is 21.1 Å². The Morgan fingerprint density at radius 3 is 2.49 bits per heavy atom. The van der Waals surface area contributed by atoms with Gasteiger partial charge >= 0.3 is 6.03 Å². The number of halogens is 1. The predicted octanol–water partition coefficient (Wildman–Crippen LogP) is 6.70. The maximum Gasteiger partial charge on any atom is 0.322 e. The Hall–Kier alpha value is -3.90. The highest BCUT2D eigenvalue weighted by molar-refractivity contribution is 6.30. The van der Waals surface area contributed by atoms with Crippen molar-refractivity contribution in [2.75, 3.05) is 0 Å². The molecule has 7 heteroatoms. The van der Waals surface area contributed by atoms with Gasteiger partial charge in [-0.05, 0) is 50.1 Å². The summed E-state index contributed by atoms with van der Waals surface area (Å²) >= 11 is 6.29. The van der Waals surface area contributed by atoms with Crippen molar-refractivity contribution in [3.63, 3.8) is 0 Å². The van der Waals surface area contributed by atoms with Crippen LogP contribution in [0.4, 0.5) is 4.79 Å². The Kier molecular flexibility index (Phi) is 6.14. The molecule has 176 valence electrons. The molecule has 1 atom stereocenters. The largest absolute Gasteiger partial charge is 0.334 e. The van der Waals surface area contributed by atoms with Gasteiger partial charge in [0.25, 0.3) is 5.89 Å². The molecule has 0 bridgehead atoms. The van der Waals surface area contributed by atoms with Crippen LogP contribution in [0, 0.1) is 13.8 Å². The molecule has 0 saturated heterocycles. The van der Waals surface area contributed by atoms with Crippen molar-refractivity contribution in [1.82, 2.24) is 20.4 Å². The minimum atomic E-state index is -0.485. The molecule has 1 N–H and O–H groups in total. The van der Waals surface area contributed by atoms with Gasteiger partial charge in [-0.1, -0.05) is 82.5 Å². The lowest BCUT2D eigenvalue weighted by atomic mass is 9.94. The lowest BCUT2D eigenvalue weighted by Gasteiger charge is -2.35. The number of urea groups is 1. The van der Waals surface area contributed by atoms with Crippen LogP contribution in [0.15, 0.2) is 83.0 Å². The van der Waals surface area contributed by atoms with E-state index in [2.05, 4.69) is 10.5 Å². The first-order valence-electron chi connectivity index (χ1n) is 11.4. The van der Waals surface area contributed by atoms with Gasteiger partial charge in [0, 0.05) is 16.3 Å². The maximum atomic E-state index is 13.3. The Balaban J connectivity index is 1.60. The van der Waals surface area contributed by atoms with Gasteiger partial charge in [-0.15, -0.1) is 0 Å². The number of aryl methyl sites for hydroxylation is 2. The first-order chi connectivity index (χ1) is 16.9. The minimum absolute atomic E-state index is 0.199. The normalized spacial score (nSPS) is 15.9. The van der Waals surface area contributed by atoms with E-state index >= 15 is 0 Å². The topological polar surface area (TPSA) is 71.3 Å². The van der Waals surface area contributed by atoms with Crippen LogP contribution in [0.3, 0.4) is 0 Å². The molecule has 35 heavy (non-hydrogen) atoms. The smallest absolute Gasteiger partial charge is 0.322 e. The van der Waals surface area contributed by atoms with E-state index < -0.39 is 6.04 Å². The van der Waals surface area contributed by atoms with Crippen LogP contribution in [-0.4, -0.2) is 21.1 Å². The van der Waals surface area contributed by atoms with Crippen molar-refractivity contribution in [3.8, 4) is 11.4 Å². The van der Waals surface area contributed by atoms with Crippen LogP contribution in [0.1, 0.15) is 41.1 Å². The van der Waals surface area contributed by atoms with E-state index in [9.17, 15) is 4.79 Å². The molecular formula is C28H25ClN4O2. The summed E-state index contributed by atoms with van der Waals surface area (Å²) in [5.41, 5.74) is 6.50. The number of aromatic nitrogens is 2. The first kappa shape index (κ1) is 22.9. The number of nitrogens with zero attached hydrogens (tertiary/aromatic N) is 3. The fraction of sp³-hybridized carbons (Fsp3) is 0.179. The Bertz CT molecular complexity index is 1420. The van der Waals surface area contributed by atoms with Crippen molar-refractivity contribution in [3.05, 3.63) is 112 Å². The summed E-state index contributed by atoms with van der Waals surface area (Å²) in [6.07, 6.45) is 0. The molecule has 1 unspecified atom stereocenters. The number of nitrogens with one attached hydrogen (secondary N) is 1. The third-order valence-electron chi connectivity index (χ3n) is 6.17.